The molecule has 0 atom stereocenters. The number of imidazole rings is 1. The van der Waals surface area contributed by atoms with Crippen LogP contribution >= 0.6 is 11.6 Å². The van der Waals surface area contributed by atoms with Gasteiger partial charge in [0.25, 0.3) is 0 Å². The number of nitrogens with zero attached hydrogens (tertiary/aromatic N) is 3. The summed E-state index contributed by atoms with van der Waals surface area (Å²) in [6, 6.07) is 15.8. The Morgan fingerprint density at radius 3 is 2.34 bits per heavy atom. The number of hydrogen-bond donors (Lipinski definition) is 0. The Balaban J connectivity index is 1.86. The number of ether oxygens (including phenoxy) is 3. The lowest BCUT2D eigenvalue weighted by atomic mass is 10.1. The summed E-state index contributed by atoms with van der Waals surface area (Å²) >= 11 is 6.45. The normalized spacial score (nSPS) is 12.1. The average Bonchev–Trinajstić information content (AvgIpc) is 3.13. The van der Waals surface area contributed by atoms with Crippen LogP contribution in [0.5, 0.6) is 11.5 Å². The number of benzene rings is 3. The van der Waals surface area contributed by atoms with Crippen molar-refractivity contribution in [1.82, 2.24) is 9.13 Å². The van der Waals surface area contributed by atoms with Crippen molar-refractivity contribution in [3.8, 4) is 11.5 Å². The van der Waals surface area contributed by atoms with Crippen molar-refractivity contribution in [3.63, 3.8) is 0 Å². The van der Waals surface area contributed by atoms with Gasteiger partial charge in [0, 0.05) is 18.1 Å². The van der Waals surface area contributed by atoms with Crippen molar-refractivity contribution in [2.45, 2.75) is 26.3 Å². The van der Waals surface area contributed by atoms with Crippen molar-refractivity contribution >= 4 is 34.3 Å². The van der Waals surface area contributed by atoms with Crippen LogP contribution in [0.15, 0.2) is 65.7 Å². The maximum absolute atomic E-state index is 12.6. The number of aromatic nitrogens is 2. The second-order valence-corrected chi connectivity index (χ2v) is 8.84. The Hall–Kier alpha value is -3.92. The maximum Gasteiger partial charge on any atom is 0.573 e. The zero-order valence-corrected chi connectivity index (χ0v) is 21.6. The Bertz CT molecular complexity index is 1510. The summed E-state index contributed by atoms with van der Waals surface area (Å²) < 4.78 is 56.2. The lowest BCUT2D eigenvalue weighted by Gasteiger charge is -2.09. The molecule has 0 aliphatic carbocycles. The fourth-order valence-electron chi connectivity index (χ4n) is 3.99. The highest BCUT2D eigenvalue weighted by molar-refractivity contribution is 6.31. The summed E-state index contributed by atoms with van der Waals surface area (Å²) in [6.45, 7) is 2.85. The minimum absolute atomic E-state index is 0.339. The third kappa shape index (κ3) is 6.13. The van der Waals surface area contributed by atoms with Gasteiger partial charge in [-0.2, -0.15) is 0 Å². The van der Waals surface area contributed by atoms with Gasteiger partial charge in [-0.25, -0.2) is 9.79 Å². The highest BCUT2D eigenvalue weighted by Gasteiger charge is 2.31. The molecule has 11 heteroatoms. The molecule has 4 aromatic rings. The average molecular weight is 548 g/mol. The first kappa shape index (κ1) is 27.1. The Morgan fingerprint density at radius 1 is 1.05 bits per heavy atom. The molecule has 200 valence electrons. The number of carbonyl (C=O) groups excluding carboxylic acids is 1. The van der Waals surface area contributed by atoms with E-state index in [9.17, 15) is 18.0 Å². The molecule has 0 aliphatic rings. The van der Waals surface area contributed by atoms with Gasteiger partial charge in [0.1, 0.15) is 17.0 Å². The summed E-state index contributed by atoms with van der Waals surface area (Å²) in [5.41, 5.74) is 3.72. The molecule has 38 heavy (non-hydrogen) atoms. The quantitative estimate of drug-likeness (QED) is 0.240. The highest BCUT2D eigenvalue weighted by atomic mass is 35.5. The van der Waals surface area contributed by atoms with Crippen LogP contribution in [-0.4, -0.2) is 35.2 Å². The first-order chi connectivity index (χ1) is 18.1. The van der Waals surface area contributed by atoms with E-state index in [2.05, 4.69) is 4.74 Å². The summed E-state index contributed by atoms with van der Waals surface area (Å²) in [5, 5.41) is 0.476. The van der Waals surface area contributed by atoms with Crippen LogP contribution < -0.4 is 15.1 Å². The number of aryl methyl sites for hydroxylation is 1. The number of fused-ring (bicyclic) bond motifs is 1. The Morgan fingerprint density at radius 2 is 1.74 bits per heavy atom. The number of esters is 1. The molecule has 1 aromatic heterocycles. The van der Waals surface area contributed by atoms with Crippen molar-refractivity contribution in [1.29, 1.82) is 0 Å². The third-order valence-electron chi connectivity index (χ3n) is 5.66. The molecule has 1 heterocycles. The monoisotopic (exact) mass is 547 g/mol. The van der Waals surface area contributed by atoms with Crippen LogP contribution in [0.2, 0.25) is 5.02 Å². The summed E-state index contributed by atoms with van der Waals surface area (Å²) in [4.78, 5) is 16.6. The molecule has 0 saturated carbocycles. The van der Waals surface area contributed by atoms with Crippen LogP contribution in [0.4, 0.5) is 18.9 Å². The Kier molecular flexibility index (Phi) is 8.01. The fraction of sp³-hybridized carbons (Fsp3) is 0.259. The SMILES string of the molecule is CCCOc1cc(Cl)cc2c1n(C)c(=Nc1ccc(OC(F)(F)F)cc1)n2Cc1ccc(C(=O)OC)cc1. The van der Waals surface area contributed by atoms with Crippen LogP contribution in [0, 0.1) is 0 Å². The Labute approximate surface area is 221 Å². The lowest BCUT2D eigenvalue weighted by molar-refractivity contribution is -0.274. The van der Waals surface area contributed by atoms with Crippen LogP contribution in [0.3, 0.4) is 0 Å². The van der Waals surface area contributed by atoms with Crippen molar-refractivity contribution in [3.05, 3.63) is 82.4 Å². The molecule has 0 unspecified atom stereocenters. The van der Waals surface area contributed by atoms with E-state index in [0.29, 0.717) is 40.8 Å². The zero-order chi connectivity index (χ0) is 27.4. The molecule has 3 aromatic carbocycles. The number of alkyl halides is 3. The zero-order valence-electron chi connectivity index (χ0n) is 20.9. The third-order valence-corrected chi connectivity index (χ3v) is 5.88. The molecule has 0 amide bonds. The molecule has 4 rings (SSSR count). The van der Waals surface area contributed by atoms with Gasteiger partial charge in [-0.1, -0.05) is 30.7 Å². The predicted molar refractivity (Wildman–Crippen MR) is 137 cm³/mol. The standard InChI is InChI=1S/C27H25ClF3N3O4/c1-4-13-37-23-15-19(28)14-22-24(23)33(2)26(32-20-9-11-21(12-10-20)38-27(29,30)31)34(22)16-17-5-7-18(8-6-17)25(35)36-3/h5-12,14-15H,4,13,16H2,1-3H3. The number of hydrogen-bond acceptors (Lipinski definition) is 5. The van der Waals surface area contributed by atoms with Gasteiger partial charge < -0.3 is 23.3 Å². The van der Waals surface area contributed by atoms with Gasteiger partial charge in [-0.3, -0.25) is 0 Å². The molecule has 0 spiro atoms. The van der Waals surface area contributed by atoms with E-state index in [-0.39, 0.29) is 5.75 Å². The fourth-order valence-corrected chi connectivity index (χ4v) is 4.19. The number of methoxy groups -OCH3 is 1. The first-order valence-electron chi connectivity index (χ1n) is 11.7. The molecule has 0 N–H and O–H groups in total. The van der Waals surface area contributed by atoms with Gasteiger partial charge in [0.05, 0.1) is 37.0 Å². The predicted octanol–water partition coefficient (Wildman–Crippen LogP) is 6.39. The van der Waals surface area contributed by atoms with E-state index >= 15 is 0 Å². The molecule has 0 fully saturated rings. The van der Waals surface area contributed by atoms with Crippen molar-refractivity contribution < 1.29 is 32.2 Å². The van der Waals surface area contributed by atoms with E-state index in [0.717, 1.165) is 23.0 Å². The molecule has 0 aliphatic heterocycles. The van der Waals surface area contributed by atoms with E-state index in [1.165, 1.54) is 31.4 Å². The van der Waals surface area contributed by atoms with E-state index in [1.807, 2.05) is 35.2 Å². The molecular formula is C27H25ClF3N3O4. The second kappa shape index (κ2) is 11.2. The number of carbonyl (C=O) groups is 1. The van der Waals surface area contributed by atoms with E-state index in [4.69, 9.17) is 26.1 Å². The topological polar surface area (TPSA) is 67.0 Å². The van der Waals surface area contributed by atoms with E-state index < -0.39 is 12.3 Å². The minimum Gasteiger partial charge on any atom is -0.491 e. The summed E-state index contributed by atoms with van der Waals surface area (Å²) in [6.07, 6.45) is -3.98. The largest absolute Gasteiger partial charge is 0.573 e. The molecule has 0 bridgehead atoms. The van der Waals surface area contributed by atoms with Gasteiger partial charge in [-0.05, 0) is 54.4 Å². The smallest absolute Gasteiger partial charge is 0.491 e. The van der Waals surface area contributed by atoms with Crippen LogP contribution in [0.1, 0.15) is 29.3 Å². The summed E-state index contributed by atoms with van der Waals surface area (Å²) in [7, 11) is 3.14. The molecular weight excluding hydrogens is 523 g/mol. The second-order valence-electron chi connectivity index (χ2n) is 8.41. The minimum atomic E-state index is -4.78. The summed E-state index contributed by atoms with van der Waals surface area (Å²) in [5.74, 6) is -0.191. The first-order valence-corrected chi connectivity index (χ1v) is 12.1. The number of rotatable bonds is 8. The molecule has 0 saturated heterocycles. The van der Waals surface area contributed by atoms with Gasteiger partial charge in [0.15, 0.2) is 0 Å². The van der Waals surface area contributed by atoms with Crippen LogP contribution in [-0.2, 0) is 18.3 Å². The maximum atomic E-state index is 12.6. The molecule has 7 nitrogen and oxygen atoms in total. The molecule has 0 radical (unpaired) electrons. The van der Waals surface area contributed by atoms with Gasteiger partial charge >= 0.3 is 12.3 Å². The lowest BCUT2D eigenvalue weighted by Crippen LogP contribution is -2.24. The van der Waals surface area contributed by atoms with Crippen LogP contribution in [0.25, 0.3) is 11.0 Å². The van der Waals surface area contributed by atoms with Gasteiger partial charge in [-0.15, -0.1) is 13.2 Å². The highest BCUT2D eigenvalue weighted by Crippen LogP contribution is 2.31. The van der Waals surface area contributed by atoms with Crippen molar-refractivity contribution in [2.24, 2.45) is 12.0 Å². The number of halogens is 4. The van der Waals surface area contributed by atoms with E-state index in [1.54, 1.807) is 24.3 Å². The van der Waals surface area contributed by atoms with Crippen molar-refractivity contribution in [2.75, 3.05) is 13.7 Å². The van der Waals surface area contributed by atoms with Gasteiger partial charge in [0.2, 0.25) is 5.62 Å².